The number of benzene rings is 2. The number of rotatable bonds is 5. The van der Waals surface area contributed by atoms with Gasteiger partial charge in [-0.15, -0.1) is 0 Å². The van der Waals surface area contributed by atoms with E-state index in [0.717, 1.165) is 16.6 Å². The molecule has 0 amide bonds. The highest BCUT2D eigenvalue weighted by Gasteiger charge is 2.18. The average molecular weight is 329 g/mol. The second kappa shape index (κ2) is 6.77. The van der Waals surface area contributed by atoms with Crippen LogP contribution in [-0.2, 0) is 6.61 Å². The minimum atomic E-state index is 0.126. The van der Waals surface area contributed by atoms with Crippen LogP contribution >= 0.6 is 0 Å². The van der Waals surface area contributed by atoms with Crippen LogP contribution in [0.2, 0.25) is 0 Å². The summed E-state index contributed by atoms with van der Waals surface area (Å²) in [5.74, 6) is 0. The summed E-state index contributed by atoms with van der Waals surface area (Å²) in [5.41, 5.74) is 4.30. The molecule has 2 aromatic heterocycles. The lowest BCUT2D eigenvalue weighted by atomic mass is 10.1. The molecule has 124 valence electrons. The Morgan fingerprint density at radius 2 is 1.64 bits per heavy atom. The molecule has 0 saturated heterocycles. The Balaban J connectivity index is 1.73. The van der Waals surface area contributed by atoms with E-state index in [1.807, 2.05) is 36.4 Å². The lowest BCUT2D eigenvalue weighted by Gasteiger charge is -2.18. The molecule has 0 aliphatic carbocycles. The molecule has 4 aromatic rings. The molecule has 0 radical (unpaired) electrons. The van der Waals surface area contributed by atoms with E-state index in [9.17, 15) is 0 Å². The van der Waals surface area contributed by atoms with Gasteiger partial charge in [-0.05, 0) is 42.3 Å². The van der Waals surface area contributed by atoms with Crippen LogP contribution < -0.4 is 4.74 Å². The first-order valence-corrected chi connectivity index (χ1v) is 8.36. The van der Waals surface area contributed by atoms with Gasteiger partial charge in [0.25, 0.3) is 6.01 Å². The predicted octanol–water partition coefficient (Wildman–Crippen LogP) is 4.62. The molecule has 0 aliphatic heterocycles. The third kappa shape index (κ3) is 3.11. The first kappa shape index (κ1) is 15.4. The number of imidazole rings is 1. The lowest BCUT2D eigenvalue weighted by molar-refractivity contribution is 0.265. The molecular weight excluding hydrogens is 310 g/mol. The van der Waals surface area contributed by atoms with E-state index in [0.29, 0.717) is 12.6 Å². The zero-order valence-corrected chi connectivity index (χ0v) is 14.0. The van der Waals surface area contributed by atoms with Crippen LogP contribution in [0.4, 0.5) is 0 Å². The topological polar surface area (TPSA) is 39.9 Å². The summed E-state index contributed by atoms with van der Waals surface area (Å²) >= 11 is 0. The van der Waals surface area contributed by atoms with E-state index in [1.54, 1.807) is 12.4 Å². The smallest absolute Gasteiger partial charge is 0.298 e. The normalized spacial score (nSPS) is 12.2. The number of ether oxygens (including phenoxy) is 1. The first-order valence-electron chi connectivity index (χ1n) is 8.36. The largest absolute Gasteiger partial charge is 0.460 e. The highest BCUT2D eigenvalue weighted by molar-refractivity contribution is 5.77. The minimum Gasteiger partial charge on any atom is -0.460 e. The summed E-state index contributed by atoms with van der Waals surface area (Å²) in [7, 11) is 0. The van der Waals surface area contributed by atoms with Crippen molar-refractivity contribution in [2.45, 2.75) is 19.6 Å². The van der Waals surface area contributed by atoms with Gasteiger partial charge in [0.1, 0.15) is 6.61 Å². The van der Waals surface area contributed by atoms with Crippen molar-refractivity contribution in [1.82, 2.24) is 14.5 Å². The molecule has 1 unspecified atom stereocenters. The van der Waals surface area contributed by atoms with Crippen LogP contribution in [0, 0.1) is 0 Å². The molecule has 1 atom stereocenters. The fourth-order valence-electron chi connectivity index (χ4n) is 3.01. The van der Waals surface area contributed by atoms with Gasteiger partial charge in [-0.25, -0.2) is 0 Å². The second-order valence-electron chi connectivity index (χ2n) is 5.98. The van der Waals surface area contributed by atoms with Crippen molar-refractivity contribution < 1.29 is 4.74 Å². The van der Waals surface area contributed by atoms with Crippen LogP contribution in [0.1, 0.15) is 24.1 Å². The standard InChI is InChI=1S/C21H19N3O/c1-16(18-7-3-2-4-8-18)24-20-10-6-5-9-19(20)23-21(24)25-15-17-11-13-22-14-12-17/h2-14,16H,15H2,1H3. The van der Waals surface area contributed by atoms with Gasteiger partial charge < -0.3 is 4.74 Å². The third-order valence-corrected chi connectivity index (χ3v) is 4.35. The Bertz CT molecular complexity index is 964. The zero-order chi connectivity index (χ0) is 17.1. The molecule has 0 bridgehead atoms. The molecule has 0 spiro atoms. The molecule has 2 heterocycles. The van der Waals surface area contributed by atoms with Crippen molar-refractivity contribution in [3.8, 4) is 6.01 Å². The second-order valence-corrected chi connectivity index (χ2v) is 5.98. The number of hydrogen-bond acceptors (Lipinski definition) is 3. The quantitative estimate of drug-likeness (QED) is 0.536. The summed E-state index contributed by atoms with van der Waals surface area (Å²) in [4.78, 5) is 8.74. The maximum atomic E-state index is 6.07. The number of para-hydroxylation sites is 2. The number of nitrogens with zero attached hydrogens (tertiary/aromatic N) is 3. The Hall–Kier alpha value is -3.14. The van der Waals surface area contributed by atoms with E-state index >= 15 is 0 Å². The summed E-state index contributed by atoms with van der Waals surface area (Å²) in [5, 5.41) is 0. The molecule has 0 N–H and O–H groups in total. The van der Waals surface area contributed by atoms with Crippen molar-refractivity contribution in [2.24, 2.45) is 0 Å². The van der Waals surface area contributed by atoms with Gasteiger partial charge in [-0.2, -0.15) is 4.98 Å². The number of aromatic nitrogens is 3. The van der Waals surface area contributed by atoms with Crippen molar-refractivity contribution in [3.05, 3.63) is 90.3 Å². The highest BCUT2D eigenvalue weighted by atomic mass is 16.5. The van der Waals surface area contributed by atoms with E-state index in [4.69, 9.17) is 9.72 Å². The fourth-order valence-corrected chi connectivity index (χ4v) is 3.01. The van der Waals surface area contributed by atoms with E-state index in [2.05, 4.69) is 46.8 Å². The predicted molar refractivity (Wildman–Crippen MR) is 98.6 cm³/mol. The zero-order valence-electron chi connectivity index (χ0n) is 14.0. The molecule has 4 rings (SSSR count). The molecular formula is C21H19N3O. The SMILES string of the molecule is CC(c1ccccc1)n1c(OCc2ccncc2)nc2ccccc21. The van der Waals surface area contributed by atoms with E-state index in [-0.39, 0.29) is 6.04 Å². The Morgan fingerprint density at radius 3 is 2.44 bits per heavy atom. The minimum absolute atomic E-state index is 0.126. The van der Waals surface area contributed by atoms with Gasteiger partial charge in [-0.3, -0.25) is 9.55 Å². The van der Waals surface area contributed by atoms with Gasteiger partial charge >= 0.3 is 0 Å². The molecule has 4 heteroatoms. The average Bonchev–Trinajstić information content (AvgIpc) is 3.05. The number of pyridine rings is 1. The van der Waals surface area contributed by atoms with Gasteiger partial charge in [0.2, 0.25) is 0 Å². The Labute approximate surface area is 146 Å². The Morgan fingerprint density at radius 1 is 0.920 bits per heavy atom. The van der Waals surface area contributed by atoms with E-state index < -0.39 is 0 Å². The molecule has 25 heavy (non-hydrogen) atoms. The molecule has 2 aromatic carbocycles. The van der Waals surface area contributed by atoms with Crippen molar-refractivity contribution in [1.29, 1.82) is 0 Å². The third-order valence-electron chi connectivity index (χ3n) is 4.35. The summed E-state index contributed by atoms with van der Waals surface area (Å²) in [6, 6.07) is 23.2. The summed E-state index contributed by atoms with van der Waals surface area (Å²) in [6.07, 6.45) is 3.54. The Kier molecular flexibility index (Phi) is 4.17. The van der Waals surface area contributed by atoms with Crippen LogP contribution in [-0.4, -0.2) is 14.5 Å². The fraction of sp³-hybridized carbons (Fsp3) is 0.143. The van der Waals surface area contributed by atoms with Crippen LogP contribution in [0.5, 0.6) is 6.01 Å². The molecule has 0 fully saturated rings. The molecule has 0 saturated carbocycles. The van der Waals surface area contributed by atoms with Crippen LogP contribution in [0.15, 0.2) is 79.1 Å². The van der Waals surface area contributed by atoms with Crippen molar-refractivity contribution in [3.63, 3.8) is 0 Å². The highest BCUT2D eigenvalue weighted by Crippen LogP contribution is 2.30. The lowest BCUT2D eigenvalue weighted by Crippen LogP contribution is -2.10. The van der Waals surface area contributed by atoms with Gasteiger partial charge in [-0.1, -0.05) is 42.5 Å². The number of fused-ring (bicyclic) bond motifs is 1. The number of hydrogen-bond donors (Lipinski definition) is 0. The van der Waals surface area contributed by atoms with Crippen LogP contribution in [0.3, 0.4) is 0 Å². The van der Waals surface area contributed by atoms with Crippen LogP contribution in [0.25, 0.3) is 11.0 Å². The molecule has 4 nitrogen and oxygen atoms in total. The van der Waals surface area contributed by atoms with Gasteiger partial charge in [0.05, 0.1) is 17.1 Å². The summed E-state index contributed by atoms with van der Waals surface area (Å²) in [6.45, 7) is 2.64. The van der Waals surface area contributed by atoms with E-state index in [1.165, 1.54) is 5.56 Å². The van der Waals surface area contributed by atoms with Crippen molar-refractivity contribution in [2.75, 3.05) is 0 Å². The maximum absolute atomic E-state index is 6.07. The molecule has 0 aliphatic rings. The maximum Gasteiger partial charge on any atom is 0.298 e. The first-order chi connectivity index (χ1) is 12.3. The summed E-state index contributed by atoms with van der Waals surface area (Å²) < 4.78 is 8.23. The van der Waals surface area contributed by atoms with Crippen molar-refractivity contribution >= 4 is 11.0 Å². The van der Waals surface area contributed by atoms with Gasteiger partial charge in [0, 0.05) is 12.4 Å². The monoisotopic (exact) mass is 329 g/mol. The van der Waals surface area contributed by atoms with Gasteiger partial charge in [0.15, 0.2) is 0 Å².